The highest BCUT2D eigenvalue weighted by Crippen LogP contribution is 2.39. The van der Waals surface area contributed by atoms with E-state index in [2.05, 4.69) is 6.92 Å². The van der Waals surface area contributed by atoms with Crippen molar-refractivity contribution in [2.45, 2.75) is 70.5 Å². The van der Waals surface area contributed by atoms with Crippen LogP contribution in [-0.4, -0.2) is 19.5 Å². The molecular formula is C21H29F3O2. The molecule has 0 atom stereocenters. The van der Waals surface area contributed by atoms with E-state index < -0.39 is 17.5 Å². The van der Waals surface area contributed by atoms with Gasteiger partial charge in [-0.05, 0) is 55.7 Å². The number of unbranched alkanes of at least 4 members (excludes halogenated alkanes) is 2. The van der Waals surface area contributed by atoms with Crippen LogP contribution < -0.4 is 0 Å². The molecular weight excluding hydrogens is 341 g/mol. The SMILES string of the molecule is CCCCCC1COC(C2CCC(c3cc(F)c(F)c(F)c3)CC2)OC1. The topological polar surface area (TPSA) is 18.5 Å². The van der Waals surface area contributed by atoms with Gasteiger partial charge < -0.3 is 9.47 Å². The van der Waals surface area contributed by atoms with E-state index >= 15 is 0 Å². The largest absolute Gasteiger partial charge is 0.352 e. The van der Waals surface area contributed by atoms with Gasteiger partial charge in [0, 0.05) is 11.8 Å². The van der Waals surface area contributed by atoms with Crippen molar-refractivity contribution in [1.82, 2.24) is 0 Å². The summed E-state index contributed by atoms with van der Waals surface area (Å²) in [6.07, 6.45) is 8.16. The van der Waals surface area contributed by atoms with Crippen LogP contribution in [0.15, 0.2) is 12.1 Å². The zero-order valence-corrected chi connectivity index (χ0v) is 15.5. The van der Waals surface area contributed by atoms with Crippen molar-refractivity contribution >= 4 is 0 Å². The fraction of sp³-hybridized carbons (Fsp3) is 0.714. The summed E-state index contributed by atoms with van der Waals surface area (Å²) >= 11 is 0. The Bertz CT molecular complexity index is 554. The lowest BCUT2D eigenvalue weighted by molar-refractivity contribution is -0.229. The van der Waals surface area contributed by atoms with E-state index in [0.717, 1.165) is 57.5 Å². The van der Waals surface area contributed by atoms with Crippen LogP contribution >= 0.6 is 0 Å². The van der Waals surface area contributed by atoms with Gasteiger partial charge in [0.1, 0.15) is 0 Å². The molecule has 1 heterocycles. The molecule has 1 aromatic rings. The molecule has 0 radical (unpaired) electrons. The van der Waals surface area contributed by atoms with Crippen LogP contribution in [0.2, 0.25) is 0 Å². The normalized spacial score (nSPS) is 29.7. The summed E-state index contributed by atoms with van der Waals surface area (Å²) in [4.78, 5) is 0. The molecule has 1 aliphatic heterocycles. The Morgan fingerprint density at radius 3 is 2.12 bits per heavy atom. The van der Waals surface area contributed by atoms with Crippen LogP contribution in [0.1, 0.15) is 69.8 Å². The first kappa shape index (κ1) is 19.7. The first-order chi connectivity index (χ1) is 12.6. The number of hydrogen-bond donors (Lipinski definition) is 0. The van der Waals surface area contributed by atoms with Crippen molar-refractivity contribution < 1.29 is 22.6 Å². The van der Waals surface area contributed by atoms with Crippen molar-refractivity contribution in [3.63, 3.8) is 0 Å². The fourth-order valence-corrected chi connectivity index (χ4v) is 4.22. The Morgan fingerprint density at radius 2 is 1.54 bits per heavy atom. The second kappa shape index (κ2) is 9.23. The molecule has 26 heavy (non-hydrogen) atoms. The van der Waals surface area contributed by atoms with Crippen molar-refractivity contribution in [1.29, 1.82) is 0 Å². The van der Waals surface area contributed by atoms with Gasteiger partial charge in [-0.3, -0.25) is 0 Å². The van der Waals surface area contributed by atoms with Gasteiger partial charge in [0.2, 0.25) is 0 Å². The maximum absolute atomic E-state index is 13.5. The predicted molar refractivity (Wildman–Crippen MR) is 94.3 cm³/mol. The van der Waals surface area contributed by atoms with Crippen LogP contribution in [0.3, 0.4) is 0 Å². The minimum absolute atomic E-state index is 0.0706. The first-order valence-corrected chi connectivity index (χ1v) is 9.96. The summed E-state index contributed by atoms with van der Waals surface area (Å²) in [5, 5.41) is 0. The molecule has 0 spiro atoms. The Kier molecular flexibility index (Phi) is 6.98. The smallest absolute Gasteiger partial charge is 0.194 e. The highest BCUT2D eigenvalue weighted by atomic mass is 19.2. The molecule has 0 unspecified atom stereocenters. The van der Waals surface area contributed by atoms with Crippen molar-refractivity contribution in [2.75, 3.05) is 13.2 Å². The standard InChI is InChI=1S/C21H29F3O2/c1-2-3-4-5-14-12-25-21(26-13-14)16-8-6-15(7-9-16)17-10-18(22)20(24)19(23)11-17/h10-11,14-16,21H,2-9,12-13H2,1H3. The molecule has 1 aromatic carbocycles. The van der Waals surface area contributed by atoms with E-state index in [-0.39, 0.29) is 12.2 Å². The van der Waals surface area contributed by atoms with E-state index in [1.165, 1.54) is 19.3 Å². The third kappa shape index (κ3) is 4.80. The van der Waals surface area contributed by atoms with Crippen LogP contribution in [0.5, 0.6) is 0 Å². The van der Waals surface area contributed by atoms with E-state index in [1.54, 1.807) is 0 Å². The molecule has 3 rings (SSSR count). The average Bonchev–Trinajstić information content (AvgIpc) is 2.67. The number of ether oxygens (including phenoxy) is 2. The van der Waals surface area contributed by atoms with Crippen LogP contribution in [0.25, 0.3) is 0 Å². The zero-order valence-electron chi connectivity index (χ0n) is 15.5. The number of hydrogen-bond acceptors (Lipinski definition) is 2. The highest BCUT2D eigenvalue weighted by molar-refractivity contribution is 5.23. The number of benzene rings is 1. The minimum atomic E-state index is -1.39. The molecule has 2 nitrogen and oxygen atoms in total. The quantitative estimate of drug-likeness (QED) is 0.455. The predicted octanol–water partition coefficient (Wildman–Crippen LogP) is 5.95. The van der Waals surface area contributed by atoms with E-state index in [9.17, 15) is 13.2 Å². The van der Waals surface area contributed by atoms with Crippen LogP contribution in [0, 0.1) is 29.3 Å². The summed E-state index contributed by atoms with van der Waals surface area (Å²) in [5.41, 5.74) is 0.557. The van der Waals surface area contributed by atoms with Gasteiger partial charge in [-0.25, -0.2) is 13.2 Å². The molecule has 2 aliphatic rings. The molecule has 0 aromatic heterocycles. The summed E-state index contributed by atoms with van der Waals surface area (Å²) < 4.78 is 52.0. The molecule has 5 heteroatoms. The molecule has 146 valence electrons. The second-order valence-electron chi connectivity index (χ2n) is 7.81. The molecule has 2 fully saturated rings. The van der Waals surface area contributed by atoms with Gasteiger partial charge in [-0.1, -0.05) is 26.2 Å². The Balaban J connectivity index is 1.46. The van der Waals surface area contributed by atoms with Gasteiger partial charge >= 0.3 is 0 Å². The van der Waals surface area contributed by atoms with Gasteiger partial charge in [0.25, 0.3) is 0 Å². The lowest BCUT2D eigenvalue weighted by atomic mass is 9.78. The van der Waals surface area contributed by atoms with Crippen LogP contribution in [0.4, 0.5) is 13.2 Å². The fourth-order valence-electron chi connectivity index (χ4n) is 4.22. The zero-order chi connectivity index (χ0) is 18.5. The number of rotatable bonds is 6. The van der Waals surface area contributed by atoms with Gasteiger partial charge in [-0.2, -0.15) is 0 Å². The third-order valence-electron chi connectivity index (χ3n) is 5.84. The molecule has 0 amide bonds. The Labute approximate surface area is 154 Å². The second-order valence-corrected chi connectivity index (χ2v) is 7.81. The Hall–Kier alpha value is -1.07. The monoisotopic (exact) mass is 370 g/mol. The minimum Gasteiger partial charge on any atom is -0.352 e. The molecule has 1 aliphatic carbocycles. The van der Waals surface area contributed by atoms with Gasteiger partial charge in [0.15, 0.2) is 23.7 Å². The maximum atomic E-state index is 13.5. The van der Waals surface area contributed by atoms with Crippen molar-refractivity contribution in [3.05, 3.63) is 35.1 Å². The third-order valence-corrected chi connectivity index (χ3v) is 5.84. The molecule has 1 saturated carbocycles. The lowest BCUT2D eigenvalue weighted by Crippen LogP contribution is -2.38. The lowest BCUT2D eigenvalue weighted by Gasteiger charge is -2.37. The van der Waals surface area contributed by atoms with E-state index in [4.69, 9.17) is 9.47 Å². The Morgan fingerprint density at radius 1 is 0.923 bits per heavy atom. The summed E-state index contributed by atoms with van der Waals surface area (Å²) in [5.74, 6) is -2.69. The first-order valence-electron chi connectivity index (χ1n) is 9.96. The summed E-state index contributed by atoms with van der Waals surface area (Å²) in [6, 6.07) is 2.27. The van der Waals surface area contributed by atoms with E-state index in [1.807, 2.05) is 0 Å². The summed E-state index contributed by atoms with van der Waals surface area (Å²) in [7, 11) is 0. The number of halogens is 3. The molecule has 0 bridgehead atoms. The molecule has 1 saturated heterocycles. The maximum Gasteiger partial charge on any atom is 0.194 e. The average molecular weight is 370 g/mol. The van der Waals surface area contributed by atoms with Gasteiger partial charge in [0.05, 0.1) is 13.2 Å². The highest BCUT2D eigenvalue weighted by Gasteiger charge is 2.33. The molecule has 0 N–H and O–H groups in total. The van der Waals surface area contributed by atoms with Crippen molar-refractivity contribution in [2.24, 2.45) is 11.8 Å². The summed E-state index contributed by atoms with van der Waals surface area (Å²) in [6.45, 7) is 3.74. The van der Waals surface area contributed by atoms with Crippen molar-refractivity contribution in [3.8, 4) is 0 Å². The van der Waals surface area contributed by atoms with E-state index in [0.29, 0.717) is 17.4 Å². The van der Waals surface area contributed by atoms with Crippen LogP contribution in [-0.2, 0) is 9.47 Å². The van der Waals surface area contributed by atoms with Gasteiger partial charge in [-0.15, -0.1) is 0 Å².